The van der Waals surface area contributed by atoms with Gasteiger partial charge in [0.1, 0.15) is 5.58 Å². The Kier molecular flexibility index (Phi) is 4.21. The van der Waals surface area contributed by atoms with Crippen LogP contribution in [-0.4, -0.2) is 8.42 Å². The predicted molar refractivity (Wildman–Crippen MR) is 88.0 cm³/mol. The van der Waals surface area contributed by atoms with Gasteiger partial charge in [-0.3, -0.25) is 0 Å². The monoisotopic (exact) mass is 349 g/mol. The summed E-state index contributed by atoms with van der Waals surface area (Å²) in [5, 5.41) is 1.08. The Morgan fingerprint density at radius 2 is 1.87 bits per heavy atom. The zero-order chi connectivity index (χ0) is 16.4. The van der Waals surface area contributed by atoms with E-state index < -0.39 is 15.6 Å². The van der Waals surface area contributed by atoms with Crippen LogP contribution in [0.15, 0.2) is 68.7 Å². The van der Waals surface area contributed by atoms with Crippen molar-refractivity contribution in [3.63, 3.8) is 0 Å². The van der Waals surface area contributed by atoms with Crippen LogP contribution in [0, 0.1) is 0 Å². The van der Waals surface area contributed by atoms with Gasteiger partial charge < -0.3 is 4.42 Å². The molecule has 0 atom stereocenters. The Bertz CT molecular complexity index is 1030. The lowest BCUT2D eigenvalue weighted by atomic mass is 10.2. The lowest BCUT2D eigenvalue weighted by molar-refractivity contribution is 0.560. The zero-order valence-corrected chi connectivity index (χ0v) is 13.4. The minimum Gasteiger partial charge on any atom is -0.423 e. The highest BCUT2D eigenvalue weighted by Gasteiger charge is 2.14. The first-order chi connectivity index (χ1) is 10.9. The molecule has 1 heterocycles. The fraction of sp³-hybridized carbons (Fsp3) is 0.0625. The quantitative estimate of drug-likeness (QED) is 0.735. The molecule has 7 heteroatoms. The number of rotatable bonds is 4. The number of hydrogen-bond donors (Lipinski definition) is 1. The molecule has 0 aliphatic carbocycles. The summed E-state index contributed by atoms with van der Waals surface area (Å²) in [6, 6.07) is 14.0. The van der Waals surface area contributed by atoms with Crippen LogP contribution in [-0.2, 0) is 16.6 Å². The van der Waals surface area contributed by atoms with Crippen LogP contribution in [0.5, 0.6) is 0 Å². The SMILES string of the molecule is O=c1ccc2cc(S(=O)(=O)NCc3cccc(Cl)c3)ccc2o1. The van der Waals surface area contributed by atoms with Gasteiger partial charge in [0, 0.05) is 23.0 Å². The van der Waals surface area contributed by atoms with E-state index in [0.717, 1.165) is 5.56 Å². The highest BCUT2D eigenvalue weighted by molar-refractivity contribution is 7.89. The molecule has 2 aromatic carbocycles. The fourth-order valence-electron chi connectivity index (χ4n) is 2.13. The first-order valence-electron chi connectivity index (χ1n) is 6.72. The van der Waals surface area contributed by atoms with Crippen molar-refractivity contribution in [1.82, 2.24) is 4.72 Å². The van der Waals surface area contributed by atoms with Crippen molar-refractivity contribution >= 4 is 32.6 Å². The van der Waals surface area contributed by atoms with Crippen molar-refractivity contribution < 1.29 is 12.8 Å². The second kappa shape index (κ2) is 6.16. The van der Waals surface area contributed by atoms with Crippen LogP contribution < -0.4 is 10.3 Å². The summed E-state index contributed by atoms with van der Waals surface area (Å²) in [5.41, 5.74) is 0.617. The van der Waals surface area contributed by atoms with Gasteiger partial charge in [0.25, 0.3) is 0 Å². The van der Waals surface area contributed by atoms with Gasteiger partial charge in [-0.05, 0) is 42.0 Å². The zero-order valence-electron chi connectivity index (χ0n) is 11.8. The first-order valence-corrected chi connectivity index (χ1v) is 8.58. The van der Waals surface area contributed by atoms with E-state index in [-0.39, 0.29) is 11.4 Å². The largest absolute Gasteiger partial charge is 0.423 e. The summed E-state index contributed by atoms with van der Waals surface area (Å²) in [4.78, 5) is 11.2. The van der Waals surface area contributed by atoms with E-state index in [1.165, 1.54) is 30.3 Å². The van der Waals surface area contributed by atoms with Crippen LogP contribution in [0.25, 0.3) is 11.0 Å². The Balaban J connectivity index is 1.87. The summed E-state index contributed by atoms with van der Waals surface area (Å²) in [6.45, 7) is 0.130. The highest BCUT2D eigenvalue weighted by Crippen LogP contribution is 2.18. The Hall–Kier alpha value is -2.15. The van der Waals surface area contributed by atoms with E-state index in [1.807, 2.05) is 0 Å². The number of halogens is 1. The van der Waals surface area contributed by atoms with Crippen LogP contribution in [0.2, 0.25) is 5.02 Å². The molecule has 0 unspecified atom stereocenters. The van der Waals surface area contributed by atoms with Crippen molar-refractivity contribution in [1.29, 1.82) is 0 Å². The van der Waals surface area contributed by atoms with Crippen molar-refractivity contribution in [3.05, 3.63) is 75.6 Å². The normalized spacial score (nSPS) is 11.7. The molecular formula is C16H12ClNO4S. The molecule has 3 aromatic rings. The van der Waals surface area contributed by atoms with Crippen LogP contribution in [0.4, 0.5) is 0 Å². The number of hydrogen-bond acceptors (Lipinski definition) is 4. The standard InChI is InChI=1S/C16H12ClNO4S/c17-13-3-1-2-11(8-13)10-18-23(20,21)14-5-6-15-12(9-14)4-7-16(19)22-15/h1-9,18H,10H2. The lowest BCUT2D eigenvalue weighted by Crippen LogP contribution is -2.23. The second-order valence-electron chi connectivity index (χ2n) is 4.91. The molecule has 1 N–H and O–H groups in total. The number of benzene rings is 2. The average molecular weight is 350 g/mol. The Labute approximate surface area is 137 Å². The summed E-state index contributed by atoms with van der Waals surface area (Å²) in [7, 11) is -3.69. The molecule has 118 valence electrons. The van der Waals surface area contributed by atoms with Crippen molar-refractivity contribution in [2.45, 2.75) is 11.4 Å². The van der Waals surface area contributed by atoms with E-state index in [1.54, 1.807) is 24.3 Å². The van der Waals surface area contributed by atoms with E-state index in [4.69, 9.17) is 16.0 Å². The molecule has 0 aliphatic rings. The van der Waals surface area contributed by atoms with Crippen molar-refractivity contribution in [3.8, 4) is 0 Å². The molecule has 0 spiro atoms. The summed E-state index contributed by atoms with van der Waals surface area (Å²) in [6.07, 6.45) is 0. The minimum absolute atomic E-state index is 0.0980. The molecule has 0 saturated heterocycles. The van der Waals surface area contributed by atoms with Gasteiger partial charge in [0.15, 0.2) is 0 Å². The molecule has 3 rings (SSSR count). The molecule has 0 bridgehead atoms. The Morgan fingerprint density at radius 3 is 2.65 bits per heavy atom. The van der Waals surface area contributed by atoms with E-state index in [9.17, 15) is 13.2 Å². The third-order valence-corrected chi connectivity index (χ3v) is 4.89. The predicted octanol–water partition coefficient (Wildman–Crippen LogP) is 2.92. The molecule has 0 aliphatic heterocycles. The molecule has 0 amide bonds. The van der Waals surface area contributed by atoms with Gasteiger partial charge in [-0.2, -0.15) is 0 Å². The number of sulfonamides is 1. The summed E-state index contributed by atoms with van der Waals surface area (Å²) in [5.74, 6) is 0. The molecule has 0 radical (unpaired) electrons. The van der Waals surface area contributed by atoms with E-state index in [0.29, 0.717) is 16.0 Å². The van der Waals surface area contributed by atoms with E-state index in [2.05, 4.69) is 4.72 Å². The molecule has 0 fully saturated rings. The fourth-order valence-corrected chi connectivity index (χ4v) is 3.39. The molecular weight excluding hydrogens is 338 g/mol. The first kappa shape index (κ1) is 15.7. The second-order valence-corrected chi connectivity index (χ2v) is 7.11. The number of fused-ring (bicyclic) bond motifs is 1. The van der Waals surface area contributed by atoms with E-state index >= 15 is 0 Å². The summed E-state index contributed by atoms with van der Waals surface area (Å²) < 4.78 is 32.2. The van der Waals surface area contributed by atoms with Gasteiger partial charge in [0.2, 0.25) is 10.0 Å². The number of nitrogens with one attached hydrogen (secondary N) is 1. The Morgan fingerprint density at radius 1 is 1.04 bits per heavy atom. The summed E-state index contributed by atoms with van der Waals surface area (Å²) >= 11 is 5.88. The smallest absolute Gasteiger partial charge is 0.336 e. The van der Waals surface area contributed by atoms with Crippen molar-refractivity contribution in [2.75, 3.05) is 0 Å². The third kappa shape index (κ3) is 3.61. The molecule has 0 saturated carbocycles. The highest BCUT2D eigenvalue weighted by atomic mass is 35.5. The maximum atomic E-state index is 12.4. The maximum absolute atomic E-state index is 12.4. The van der Waals surface area contributed by atoms with Crippen molar-refractivity contribution in [2.24, 2.45) is 0 Å². The average Bonchev–Trinajstić information content (AvgIpc) is 2.52. The van der Waals surface area contributed by atoms with Gasteiger partial charge in [0.05, 0.1) is 4.90 Å². The van der Waals surface area contributed by atoms with Crippen LogP contribution in [0.1, 0.15) is 5.56 Å². The molecule has 23 heavy (non-hydrogen) atoms. The lowest BCUT2D eigenvalue weighted by Gasteiger charge is -2.08. The van der Waals surface area contributed by atoms with Gasteiger partial charge in [-0.1, -0.05) is 23.7 Å². The molecule has 1 aromatic heterocycles. The third-order valence-electron chi connectivity index (χ3n) is 3.26. The topological polar surface area (TPSA) is 76.4 Å². The van der Waals surface area contributed by atoms with Gasteiger partial charge >= 0.3 is 5.63 Å². The van der Waals surface area contributed by atoms with Crippen LogP contribution >= 0.6 is 11.6 Å². The minimum atomic E-state index is -3.69. The van der Waals surface area contributed by atoms with Crippen LogP contribution in [0.3, 0.4) is 0 Å². The van der Waals surface area contributed by atoms with Gasteiger partial charge in [-0.25, -0.2) is 17.9 Å². The van der Waals surface area contributed by atoms with Gasteiger partial charge in [-0.15, -0.1) is 0 Å². The maximum Gasteiger partial charge on any atom is 0.336 e. The molecule has 5 nitrogen and oxygen atoms in total.